The molecule has 4 heteroatoms. The van der Waals surface area contributed by atoms with Crippen molar-refractivity contribution in [3.8, 4) is 56.3 Å². The number of thiophene rings is 1. The number of hydrogen-bond acceptors (Lipinski definition) is 4. The maximum Gasteiger partial charge on any atom is 0.160 e. The summed E-state index contributed by atoms with van der Waals surface area (Å²) in [5, 5.41) is 8.76. The highest BCUT2D eigenvalue weighted by molar-refractivity contribution is 7.26. The Morgan fingerprint density at radius 1 is 0.364 bits per heavy atom. The van der Waals surface area contributed by atoms with E-state index < -0.39 is 0 Å². The van der Waals surface area contributed by atoms with Crippen LogP contribution in [0.1, 0.15) is 0 Å². The van der Waals surface area contributed by atoms with E-state index in [2.05, 4.69) is 182 Å². The Kier molecular flexibility index (Phi) is 7.35. The van der Waals surface area contributed by atoms with Crippen molar-refractivity contribution in [2.24, 2.45) is 0 Å². The van der Waals surface area contributed by atoms with Crippen LogP contribution in [0.5, 0.6) is 0 Å². The average Bonchev–Trinajstić information content (AvgIpc) is 3.66. The molecule has 0 unspecified atom stereocenters. The van der Waals surface area contributed by atoms with Crippen molar-refractivity contribution >= 4 is 64.0 Å². The quantitative estimate of drug-likeness (QED) is 0.166. The van der Waals surface area contributed by atoms with Crippen LogP contribution in [-0.4, -0.2) is 15.0 Å². The van der Waals surface area contributed by atoms with Crippen molar-refractivity contribution in [2.75, 3.05) is 0 Å². The zero-order chi connectivity index (χ0) is 36.3. The summed E-state index contributed by atoms with van der Waals surface area (Å²) in [5.74, 6) is 0.686. The van der Waals surface area contributed by atoms with Crippen molar-refractivity contribution in [3.63, 3.8) is 0 Å². The molecule has 0 saturated carbocycles. The van der Waals surface area contributed by atoms with Crippen LogP contribution >= 0.6 is 11.3 Å². The summed E-state index contributed by atoms with van der Waals surface area (Å²) in [7, 11) is 0. The molecule has 11 aromatic rings. The van der Waals surface area contributed by atoms with Crippen molar-refractivity contribution in [1.29, 1.82) is 0 Å². The summed E-state index contributed by atoms with van der Waals surface area (Å²) >= 11 is 1.81. The molecule has 0 N–H and O–H groups in total. The zero-order valence-corrected chi connectivity index (χ0v) is 30.5. The summed E-state index contributed by atoms with van der Waals surface area (Å²) in [5.41, 5.74) is 10.3. The van der Waals surface area contributed by atoms with Crippen molar-refractivity contribution in [1.82, 2.24) is 15.0 Å². The molecule has 256 valence electrons. The molecule has 0 fully saturated rings. The highest BCUT2D eigenvalue weighted by atomic mass is 32.1. The second-order valence-electron chi connectivity index (χ2n) is 14.0. The molecule has 0 aliphatic rings. The Labute approximate surface area is 321 Å². The van der Waals surface area contributed by atoms with Gasteiger partial charge < -0.3 is 0 Å². The molecule has 8 aromatic carbocycles. The van der Waals surface area contributed by atoms with Gasteiger partial charge in [-0.2, -0.15) is 0 Å². The van der Waals surface area contributed by atoms with E-state index in [-0.39, 0.29) is 0 Å². The fourth-order valence-corrected chi connectivity index (χ4v) is 9.23. The second kappa shape index (κ2) is 12.8. The van der Waals surface area contributed by atoms with Crippen LogP contribution in [0, 0.1) is 0 Å². The molecule has 0 saturated heterocycles. The molecule has 55 heavy (non-hydrogen) atoms. The van der Waals surface area contributed by atoms with Gasteiger partial charge in [-0.15, -0.1) is 11.3 Å². The van der Waals surface area contributed by atoms with Crippen LogP contribution in [-0.2, 0) is 0 Å². The first-order valence-corrected chi connectivity index (χ1v) is 19.3. The van der Waals surface area contributed by atoms with E-state index in [1.54, 1.807) is 0 Å². The molecule has 3 nitrogen and oxygen atoms in total. The topological polar surface area (TPSA) is 38.7 Å². The van der Waals surface area contributed by atoms with Gasteiger partial charge in [-0.25, -0.2) is 15.0 Å². The number of nitrogens with zero attached hydrogens (tertiary/aromatic N) is 3. The third-order valence-electron chi connectivity index (χ3n) is 10.7. The number of fused-ring (bicyclic) bond motifs is 8. The first-order chi connectivity index (χ1) is 27.2. The van der Waals surface area contributed by atoms with Crippen LogP contribution < -0.4 is 0 Å². The van der Waals surface area contributed by atoms with Crippen LogP contribution in [0.2, 0.25) is 0 Å². The van der Waals surface area contributed by atoms with Crippen LogP contribution in [0.3, 0.4) is 0 Å². The lowest BCUT2D eigenvalue weighted by Gasteiger charge is -2.13. The van der Waals surface area contributed by atoms with E-state index >= 15 is 0 Å². The molecule has 0 aliphatic carbocycles. The number of pyridine rings is 1. The van der Waals surface area contributed by atoms with Gasteiger partial charge in [-0.05, 0) is 56.9 Å². The average molecular weight is 718 g/mol. The molecule has 0 aliphatic heterocycles. The minimum absolute atomic E-state index is 0.686. The van der Waals surface area contributed by atoms with Gasteiger partial charge in [0, 0.05) is 43.1 Å². The third-order valence-corrected chi connectivity index (χ3v) is 11.9. The maximum atomic E-state index is 5.22. The molecular weight excluding hydrogens is 687 g/mol. The molecule has 0 radical (unpaired) electrons. The molecule has 0 atom stereocenters. The van der Waals surface area contributed by atoms with Crippen LogP contribution in [0.4, 0.5) is 0 Å². The minimum atomic E-state index is 0.686. The predicted molar refractivity (Wildman–Crippen MR) is 232 cm³/mol. The second-order valence-corrected chi connectivity index (χ2v) is 15.0. The minimum Gasteiger partial charge on any atom is -0.246 e. The van der Waals surface area contributed by atoms with E-state index in [9.17, 15) is 0 Å². The lowest BCUT2D eigenvalue weighted by Crippen LogP contribution is -1.96. The standard InChI is InChI=1S/C51H31N3S/c1-2-12-33(13-3-1)45-31-46(34-24-22-32(23-25-34)43-30-37-14-4-5-15-38(37)39-16-6-7-17-40(39)43)54-51(53-45)36-28-26-35(27-29-36)49-50-48(41-18-8-10-20-44(41)52-49)42-19-9-11-21-47(42)55-50/h1-31H. The number of aromatic nitrogens is 3. The lowest BCUT2D eigenvalue weighted by atomic mass is 9.93. The fraction of sp³-hybridized carbons (Fsp3) is 0. The Morgan fingerprint density at radius 3 is 1.71 bits per heavy atom. The monoisotopic (exact) mass is 717 g/mol. The highest BCUT2D eigenvalue weighted by Gasteiger charge is 2.17. The van der Waals surface area contributed by atoms with Gasteiger partial charge in [0.25, 0.3) is 0 Å². The van der Waals surface area contributed by atoms with Crippen molar-refractivity contribution in [2.45, 2.75) is 0 Å². The molecule has 3 heterocycles. The van der Waals surface area contributed by atoms with Gasteiger partial charge >= 0.3 is 0 Å². The summed E-state index contributed by atoms with van der Waals surface area (Å²) in [4.78, 5) is 15.5. The van der Waals surface area contributed by atoms with Crippen molar-refractivity contribution in [3.05, 3.63) is 188 Å². The van der Waals surface area contributed by atoms with Crippen LogP contribution in [0.15, 0.2) is 188 Å². The summed E-state index contributed by atoms with van der Waals surface area (Å²) in [6, 6.07) is 66.6. The number of para-hydroxylation sites is 1. The molecule has 0 bridgehead atoms. The van der Waals surface area contributed by atoms with E-state index in [1.165, 1.54) is 58.2 Å². The third kappa shape index (κ3) is 5.38. The van der Waals surface area contributed by atoms with Crippen molar-refractivity contribution < 1.29 is 0 Å². The first-order valence-electron chi connectivity index (χ1n) is 18.5. The SMILES string of the molecule is c1ccc(-c2cc(-c3ccc(-c4cc5ccccc5c5ccccc45)cc3)nc(-c3ccc(-c4nc5ccccc5c5c4sc4ccccc45)cc3)n2)cc1. The fourth-order valence-electron chi connectivity index (χ4n) is 8.00. The zero-order valence-electron chi connectivity index (χ0n) is 29.6. The highest BCUT2D eigenvalue weighted by Crippen LogP contribution is 2.43. The van der Waals surface area contributed by atoms with Gasteiger partial charge in [0.15, 0.2) is 5.82 Å². The van der Waals surface area contributed by atoms with Gasteiger partial charge in [0.1, 0.15) is 0 Å². The number of hydrogen-bond donors (Lipinski definition) is 0. The Balaban J connectivity index is 1.01. The first kappa shape index (κ1) is 31.5. The molecule has 11 rings (SSSR count). The van der Waals surface area contributed by atoms with Gasteiger partial charge in [-0.1, -0.05) is 164 Å². The van der Waals surface area contributed by atoms with Crippen LogP contribution in [0.25, 0.3) is 109 Å². The van der Waals surface area contributed by atoms with Gasteiger partial charge in [0.2, 0.25) is 0 Å². The number of benzene rings is 8. The molecule has 0 amide bonds. The predicted octanol–water partition coefficient (Wildman–Crippen LogP) is 14.0. The Hall–Kier alpha value is -7.01. The summed E-state index contributed by atoms with van der Waals surface area (Å²) < 4.78 is 2.48. The normalized spacial score (nSPS) is 11.6. The smallest absolute Gasteiger partial charge is 0.160 e. The molecule has 3 aromatic heterocycles. The van der Waals surface area contributed by atoms with E-state index in [4.69, 9.17) is 15.0 Å². The Morgan fingerprint density at radius 2 is 0.927 bits per heavy atom. The van der Waals surface area contributed by atoms with E-state index in [1.807, 2.05) is 17.4 Å². The molecule has 0 spiro atoms. The lowest BCUT2D eigenvalue weighted by molar-refractivity contribution is 1.18. The van der Waals surface area contributed by atoms with E-state index in [0.29, 0.717) is 5.82 Å². The molecular formula is C51H31N3S. The summed E-state index contributed by atoms with van der Waals surface area (Å²) in [6.45, 7) is 0. The van der Waals surface area contributed by atoms with E-state index in [0.717, 1.165) is 44.9 Å². The summed E-state index contributed by atoms with van der Waals surface area (Å²) in [6.07, 6.45) is 0. The van der Waals surface area contributed by atoms with Gasteiger partial charge in [-0.3, -0.25) is 0 Å². The maximum absolute atomic E-state index is 5.22. The Bertz CT molecular complexity index is 3240. The number of rotatable bonds is 5. The van der Waals surface area contributed by atoms with Gasteiger partial charge in [0.05, 0.1) is 27.3 Å². The largest absolute Gasteiger partial charge is 0.246 e.